The van der Waals surface area contributed by atoms with E-state index in [0.29, 0.717) is 0 Å². The molecule has 4 aromatic rings. The second-order valence-corrected chi connectivity index (χ2v) is 8.19. The average Bonchev–Trinajstić information content (AvgIpc) is 3.44. The molecule has 6 nitrogen and oxygen atoms in total. The molecular weight excluding hydrogens is 424 g/mol. The summed E-state index contributed by atoms with van der Waals surface area (Å²) in [5.41, 5.74) is 1.43. The minimum Gasteiger partial charge on any atom is -0.381 e. The lowest BCUT2D eigenvalue weighted by Crippen LogP contribution is -2.37. The van der Waals surface area contributed by atoms with Crippen LogP contribution in [-0.2, 0) is 18.7 Å². The SMILES string of the molecule is CN(C)c1ccc(/C=C/c2ccn(CC(O)(Cn3cncn3)c3ccc(F)cc3F)c2)cc1. The molecule has 0 saturated carbocycles. The summed E-state index contributed by atoms with van der Waals surface area (Å²) < 4.78 is 31.3. The number of aliphatic hydroxyl groups is 1. The Balaban J connectivity index is 1.56. The van der Waals surface area contributed by atoms with Crippen LogP contribution in [0.2, 0.25) is 0 Å². The summed E-state index contributed by atoms with van der Waals surface area (Å²) in [5.74, 6) is -1.52. The van der Waals surface area contributed by atoms with Crippen molar-refractivity contribution in [3.8, 4) is 0 Å². The normalized spacial score (nSPS) is 13.4. The Hall–Kier alpha value is -3.78. The van der Waals surface area contributed by atoms with E-state index in [9.17, 15) is 13.9 Å². The first kappa shape index (κ1) is 22.4. The quantitative estimate of drug-likeness (QED) is 0.438. The van der Waals surface area contributed by atoms with E-state index in [2.05, 4.69) is 10.1 Å². The maximum absolute atomic E-state index is 14.6. The molecule has 0 spiro atoms. The van der Waals surface area contributed by atoms with Crippen molar-refractivity contribution in [2.24, 2.45) is 0 Å². The fraction of sp³-hybridized carbons (Fsp3) is 0.200. The van der Waals surface area contributed by atoms with Gasteiger partial charge in [0.1, 0.15) is 29.9 Å². The van der Waals surface area contributed by atoms with Crippen LogP contribution in [-0.4, -0.2) is 38.5 Å². The van der Waals surface area contributed by atoms with E-state index in [1.54, 1.807) is 4.57 Å². The average molecular weight is 450 g/mol. The molecule has 0 saturated heterocycles. The lowest BCUT2D eigenvalue weighted by Gasteiger charge is -2.29. The number of rotatable bonds is 8. The first-order valence-corrected chi connectivity index (χ1v) is 10.4. The molecule has 2 heterocycles. The highest BCUT2D eigenvalue weighted by molar-refractivity contribution is 5.70. The van der Waals surface area contributed by atoms with Crippen molar-refractivity contribution < 1.29 is 13.9 Å². The van der Waals surface area contributed by atoms with Crippen LogP contribution in [0.25, 0.3) is 12.2 Å². The lowest BCUT2D eigenvalue weighted by atomic mass is 9.92. The lowest BCUT2D eigenvalue weighted by molar-refractivity contribution is -0.00534. The molecule has 8 heteroatoms. The number of hydrogen-bond acceptors (Lipinski definition) is 4. The van der Waals surface area contributed by atoms with E-state index in [0.717, 1.165) is 28.9 Å². The number of benzene rings is 2. The van der Waals surface area contributed by atoms with Crippen LogP contribution in [0.1, 0.15) is 16.7 Å². The molecule has 0 fully saturated rings. The number of aromatic nitrogens is 4. The van der Waals surface area contributed by atoms with Crippen LogP contribution in [0.3, 0.4) is 0 Å². The van der Waals surface area contributed by atoms with Gasteiger partial charge in [-0.25, -0.2) is 18.4 Å². The standard InChI is InChI=1S/C25H25F2N5O/c1-30(2)22-8-5-19(6-9-22)3-4-20-11-12-31(14-20)15-25(33,16-32-18-28-17-29-32)23-10-7-21(26)13-24(23)27/h3-14,17-18,33H,15-16H2,1-2H3/b4-3+. The van der Waals surface area contributed by atoms with Crippen molar-refractivity contribution in [1.29, 1.82) is 0 Å². The first-order valence-electron chi connectivity index (χ1n) is 10.4. The molecule has 2 aromatic heterocycles. The molecule has 4 rings (SSSR count). The Morgan fingerprint density at radius 3 is 2.42 bits per heavy atom. The van der Waals surface area contributed by atoms with E-state index < -0.39 is 17.2 Å². The third-order valence-corrected chi connectivity index (χ3v) is 5.42. The van der Waals surface area contributed by atoms with Crippen LogP contribution in [0, 0.1) is 11.6 Å². The highest BCUT2D eigenvalue weighted by Gasteiger charge is 2.34. The summed E-state index contributed by atoms with van der Waals surface area (Å²) >= 11 is 0. The van der Waals surface area contributed by atoms with Crippen molar-refractivity contribution in [1.82, 2.24) is 19.3 Å². The maximum atomic E-state index is 14.6. The summed E-state index contributed by atoms with van der Waals surface area (Å²) in [4.78, 5) is 5.92. The molecule has 1 N–H and O–H groups in total. The van der Waals surface area contributed by atoms with Crippen molar-refractivity contribution in [3.63, 3.8) is 0 Å². The van der Waals surface area contributed by atoms with Gasteiger partial charge in [0.2, 0.25) is 0 Å². The number of hydrogen-bond donors (Lipinski definition) is 1. The molecular formula is C25H25F2N5O. The second kappa shape index (κ2) is 9.38. The van der Waals surface area contributed by atoms with Gasteiger partial charge in [-0.15, -0.1) is 0 Å². The van der Waals surface area contributed by atoms with E-state index >= 15 is 0 Å². The largest absolute Gasteiger partial charge is 0.381 e. The Morgan fingerprint density at radius 1 is 1.00 bits per heavy atom. The van der Waals surface area contributed by atoms with Crippen LogP contribution in [0.15, 0.2) is 73.6 Å². The molecule has 0 aliphatic heterocycles. The van der Waals surface area contributed by atoms with Crippen molar-refractivity contribution in [3.05, 3.63) is 102 Å². The zero-order chi connectivity index (χ0) is 23.4. The zero-order valence-corrected chi connectivity index (χ0v) is 18.4. The van der Waals surface area contributed by atoms with Gasteiger partial charge in [0.15, 0.2) is 0 Å². The summed E-state index contributed by atoms with van der Waals surface area (Å²) in [7, 11) is 3.99. The summed E-state index contributed by atoms with van der Waals surface area (Å²) in [5, 5.41) is 15.5. The van der Waals surface area contributed by atoms with Crippen LogP contribution in [0.5, 0.6) is 0 Å². The fourth-order valence-electron chi connectivity index (χ4n) is 3.70. The van der Waals surface area contributed by atoms with Gasteiger partial charge in [-0.3, -0.25) is 0 Å². The molecule has 0 radical (unpaired) electrons. The Kier molecular flexibility index (Phi) is 6.37. The Labute approximate surface area is 191 Å². The molecule has 2 aromatic carbocycles. The monoisotopic (exact) mass is 449 g/mol. The van der Waals surface area contributed by atoms with Crippen LogP contribution in [0.4, 0.5) is 14.5 Å². The maximum Gasteiger partial charge on any atom is 0.137 e. The van der Waals surface area contributed by atoms with Gasteiger partial charge < -0.3 is 14.6 Å². The minimum atomic E-state index is -1.67. The van der Waals surface area contributed by atoms with Crippen molar-refractivity contribution >= 4 is 17.8 Å². The molecule has 33 heavy (non-hydrogen) atoms. The van der Waals surface area contributed by atoms with E-state index in [-0.39, 0.29) is 18.7 Å². The van der Waals surface area contributed by atoms with Gasteiger partial charge in [0.05, 0.1) is 13.1 Å². The van der Waals surface area contributed by atoms with Gasteiger partial charge in [0, 0.05) is 43.8 Å². The second-order valence-electron chi connectivity index (χ2n) is 8.19. The van der Waals surface area contributed by atoms with E-state index in [1.807, 2.05) is 73.9 Å². The Bertz CT molecular complexity index is 1230. The van der Waals surface area contributed by atoms with Gasteiger partial charge in [-0.1, -0.05) is 30.4 Å². The molecule has 0 aliphatic carbocycles. The van der Waals surface area contributed by atoms with Crippen LogP contribution >= 0.6 is 0 Å². The summed E-state index contributed by atoms with van der Waals surface area (Å²) in [6.07, 6.45) is 10.4. The molecule has 0 aliphatic rings. The smallest absolute Gasteiger partial charge is 0.137 e. The predicted octanol–water partition coefficient (Wildman–Crippen LogP) is 4.18. The topological polar surface area (TPSA) is 59.1 Å². The first-order chi connectivity index (χ1) is 15.8. The van der Waals surface area contributed by atoms with Gasteiger partial charge in [-0.2, -0.15) is 5.10 Å². The third-order valence-electron chi connectivity index (χ3n) is 5.42. The van der Waals surface area contributed by atoms with Gasteiger partial charge >= 0.3 is 0 Å². The van der Waals surface area contributed by atoms with E-state index in [4.69, 9.17) is 0 Å². The molecule has 170 valence electrons. The van der Waals surface area contributed by atoms with Crippen LogP contribution < -0.4 is 4.90 Å². The minimum absolute atomic E-state index is 0.00817. The number of nitrogens with zero attached hydrogens (tertiary/aromatic N) is 5. The van der Waals surface area contributed by atoms with E-state index in [1.165, 1.54) is 23.4 Å². The van der Waals surface area contributed by atoms with Crippen molar-refractivity contribution in [2.75, 3.05) is 19.0 Å². The molecule has 1 unspecified atom stereocenters. The molecule has 0 bridgehead atoms. The predicted molar refractivity (Wildman–Crippen MR) is 124 cm³/mol. The fourth-order valence-corrected chi connectivity index (χ4v) is 3.70. The van der Waals surface area contributed by atoms with Gasteiger partial charge in [0.25, 0.3) is 0 Å². The molecule has 0 amide bonds. The Morgan fingerprint density at radius 2 is 1.76 bits per heavy atom. The van der Waals surface area contributed by atoms with Crippen molar-refractivity contribution in [2.45, 2.75) is 18.7 Å². The number of anilines is 1. The summed E-state index contributed by atoms with van der Waals surface area (Å²) in [6, 6.07) is 13.3. The molecule has 1 atom stereocenters. The highest BCUT2D eigenvalue weighted by atomic mass is 19.1. The zero-order valence-electron chi connectivity index (χ0n) is 18.4. The number of halogens is 2. The van der Waals surface area contributed by atoms with Gasteiger partial charge in [-0.05, 0) is 35.4 Å². The summed E-state index contributed by atoms with van der Waals surface area (Å²) in [6.45, 7) is -0.00207. The highest BCUT2D eigenvalue weighted by Crippen LogP contribution is 2.29. The third kappa shape index (κ3) is 5.35.